The van der Waals surface area contributed by atoms with Crippen molar-refractivity contribution >= 4 is 12.1 Å². The quantitative estimate of drug-likeness (QED) is 0.368. The number of amides is 1. The van der Waals surface area contributed by atoms with E-state index >= 15 is 0 Å². The maximum absolute atomic E-state index is 10.3. The van der Waals surface area contributed by atoms with E-state index in [0.29, 0.717) is 6.42 Å². The zero-order chi connectivity index (χ0) is 9.56. The van der Waals surface area contributed by atoms with Crippen molar-refractivity contribution in [3.63, 3.8) is 0 Å². The highest BCUT2D eigenvalue weighted by molar-refractivity contribution is 5.87. The molecule has 0 aliphatic heterocycles. The molecule has 0 aromatic heterocycles. The van der Waals surface area contributed by atoms with Crippen LogP contribution in [0, 0.1) is 0 Å². The third-order valence-corrected chi connectivity index (χ3v) is 0.891. The number of carboxylic acid groups (broad SMARTS) is 1. The van der Waals surface area contributed by atoms with E-state index in [-0.39, 0.29) is 0 Å². The fourth-order valence-electron chi connectivity index (χ4n) is 0.471. The van der Waals surface area contributed by atoms with Crippen LogP contribution in [0.1, 0.15) is 6.42 Å². The lowest BCUT2D eigenvalue weighted by atomic mass is 10.3. The molecule has 0 radical (unpaired) electrons. The number of nitrogens with two attached hydrogens (primary N) is 1. The maximum atomic E-state index is 10.3. The summed E-state index contributed by atoms with van der Waals surface area (Å²) in [6.07, 6.45) is 1.81. The summed E-state index contributed by atoms with van der Waals surface area (Å²) in [5.41, 5.74) is 4.61. The van der Waals surface area contributed by atoms with E-state index in [0.717, 1.165) is 0 Å². The van der Waals surface area contributed by atoms with Gasteiger partial charge in [-0.2, -0.15) is 0 Å². The van der Waals surface area contributed by atoms with Crippen LogP contribution < -0.4 is 5.73 Å². The van der Waals surface area contributed by atoms with Crippen LogP contribution in [0.15, 0.2) is 24.5 Å². The summed E-state index contributed by atoms with van der Waals surface area (Å²) >= 11 is 0. The number of primary amides is 1. The molecule has 0 fully saturated rings. The van der Waals surface area contributed by atoms with Crippen molar-refractivity contribution in [3.8, 4) is 0 Å². The molecule has 3 N–H and O–H groups in total. The molecule has 0 aliphatic rings. The summed E-state index contributed by atoms with van der Waals surface area (Å²) in [6, 6.07) is 0. The molecular formula is C7H9NO4. The maximum Gasteiger partial charge on any atom is 0.410 e. The van der Waals surface area contributed by atoms with Crippen LogP contribution in [0.5, 0.6) is 0 Å². The van der Waals surface area contributed by atoms with Gasteiger partial charge in [0.1, 0.15) is 0 Å². The number of hydrogen-bond donors (Lipinski definition) is 2. The van der Waals surface area contributed by atoms with E-state index < -0.39 is 17.8 Å². The Hall–Kier alpha value is -1.78. The molecule has 0 unspecified atom stereocenters. The molecule has 0 rings (SSSR count). The van der Waals surface area contributed by atoms with Gasteiger partial charge in [-0.15, -0.1) is 6.58 Å². The molecule has 0 saturated carbocycles. The first-order valence-electron chi connectivity index (χ1n) is 3.09. The second-order valence-electron chi connectivity index (χ2n) is 1.82. The number of carboxylic acids is 1. The molecular weight excluding hydrogens is 162 g/mol. The minimum atomic E-state index is -1.34. The fourth-order valence-corrected chi connectivity index (χ4v) is 0.471. The first-order chi connectivity index (χ1) is 5.57. The van der Waals surface area contributed by atoms with E-state index in [1.165, 1.54) is 12.2 Å². The highest BCUT2D eigenvalue weighted by Gasteiger charge is 2.10. The molecule has 5 nitrogen and oxygen atoms in total. The SMILES string of the molecule is C=CC/C=C(/OC(N)=O)C(=O)O. The van der Waals surface area contributed by atoms with E-state index in [9.17, 15) is 9.59 Å². The van der Waals surface area contributed by atoms with Crippen molar-refractivity contribution in [1.82, 2.24) is 0 Å². The minimum absolute atomic E-state index is 0.301. The number of allylic oxidation sites excluding steroid dienone is 2. The van der Waals surface area contributed by atoms with Gasteiger partial charge in [-0.1, -0.05) is 6.08 Å². The van der Waals surface area contributed by atoms with Crippen LogP contribution >= 0.6 is 0 Å². The van der Waals surface area contributed by atoms with Gasteiger partial charge in [0.2, 0.25) is 5.76 Å². The van der Waals surface area contributed by atoms with Crippen molar-refractivity contribution in [2.75, 3.05) is 0 Å². The van der Waals surface area contributed by atoms with E-state index in [1.807, 2.05) is 0 Å². The minimum Gasteiger partial charge on any atom is -0.475 e. The Morgan fingerprint density at radius 2 is 2.17 bits per heavy atom. The normalized spacial score (nSPS) is 10.5. The van der Waals surface area contributed by atoms with E-state index in [1.54, 1.807) is 0 Å². The van der Waals surface area contributed by atoms with Crippen molar-refractivity contribution in [3.05, 3.63) is 24.5 Å². The summed E-state index contributed by atoms with van der Waals surface area (Å²) in [4.78, 5) is 20.5. The van der Waals surface area contributed by atoms with Crippen molar-refractivity contribution in [1.29, 1.82) is 0 Å². The van der Waals surface area contributed by atoms with Gasteiger partial charge in [0.25, 0.3) is 0 Å². The Labute approximate surface area is 69.1 Å². The molecule has 0 saturated heterocycles. The summed E-state index contributed by atoms with van der Waals surface area (Å²) in [6.45, 7) is 3.36. The van der Waals surface area contributed by atoms with Crippen LogP contribution in [-0.2, 0) is 9.53 Å². The largest absolute Gasteiger partial charge is 0.475 e. The lowest BCUT2D eigenvalue weighted by Gasteiger charge is -1.99. The smallest absolute Gasteiger partial charge is 0.410 e. The van der Waals surface area contributed by atoms with Crippen molar-refractivity contribution in [2.24, 2.45) is 5.73 Å². The van der Waals surface area contributed by atoms with Crippen LogP contribution in [-0.4, -0.2) is 17.2 Å². The lowest BCUT2D eigenvalue weighted by Crippen LogP contribution is -2.16. The molecule has 0 spiro atoms. The third-order valence-electron chi connectivity index (χ3n) is 0.891. The summed E-state index contributed by atoms with van der Waals surface area (Å²) in [7, 11) is 0. The standard InChI is InChI=1S/C7H9NO4/c1-2-3-4-5(6(9)10)12-7(8)11/h2,4H,1,3H2,(H2,8,11)(H,9,10)/b5-4+. The lowest BCUT2D eigenvalue weighted by molar-refractivity contribution is -0.135. The zero-order valence-electron chi connectivity index (χ0n) is 6.32. The number of carbonyl (C=O) groups is 2. The number of aliphatic carboxylic acids is 1. The van der Waals surface area contributed by atoms with Crippen molar-refractivity contribution < 1.29 is 19.4 Å². The predicted octanol–water partition coefficient (Wildman–Crippen LogP) is 0.626. The molecule has 0 aliphatic carbocycles. The average molecular weight is 171 g/mol. The molecule has 5 heteroatoms. The van der Waals surface area contributed by atoms with Crippen LogP contribution in [0.25, 0.3) is 0 Å². The van der Waals surface area contributed by atoms with Crippen LogP contribution in [0.4, 0.5) is 4.79 Å². The molecule has 1 amide bonds. The second-order valence-corrected chi connectivity index (χ2v) is 1.82. The van der Waals surface area contributed by atoms with Crippen molar-refractivity contribution in [2.45, 2.75) is 6.42 Å². The summed E-state index contributed by atoms with van der Waals surface area (Å²) < 4.78 is 4.17. The van der Waals surface area contributed by atoms with Gasteiger partial charge in [-0.25, -0.2) is 9.59 Å². The molecule has 0 aromatic carbocycles. The summed E-state index contributed by atoms with van der Waals surface area (Å²) in [5.74, 6) is -1.82. The number of ether oxygens (including phenoxy) is 1. The first-order valence-corrected chi connectivity index (χ1v) is 3.09. The van der Waals surface area contributed by atoms with Crippen LogP contribution in [0.3, 0.4) is 0 Å². The van der Waals surface area contributed by atoms with Gasteiger partial charge in [-0.3, -0.25) is 0 Å². The Morgan fingerprint density at radius 1 is 1.58 bits per heavy atom. The second kappa shape index (κ2) is 4.95. The van der Waals surface area contributed by atoms with Gasteiger partial charge < -0.3 is 15.6 Å². The average Bonchev–Trinajstić information content (AvgIpc) is 1.96. The Morgan fingerprint density at radius 3 is 2.50 bits per heavy atom. The van der Waals surface area contributed by atoms with Gasteiger partial charge >= 0.3 is 12.1 Å². The van der Waals surface area contributed by atoms with E-state index in [4.69, 9.17) is 5.11 Å². The third kappa shape index (κ3) is 4.10. The zero-order valence-corrected chi connectivity index (χ0v) is 6.32. The van der Waals surface area contributed by atoms with Gasteiger partial charge in [-0.05, 0) is 12.5 Å². The number of carbonyl (C=O) groups excluding carboxylic acids is 1. The molecule has 66 valence electrons. The summed E-state index contributed by atoms with van der Waals surface area (Å²) in [5, 5.41) is 8.41. The highest BCUT2D eigenvalue weighted by atomic mass is 16.6. The molecule has 0 bridgehead atoms. The molecule has 0 atom stereocenters. The molecule has 0 heterocycles. The predicted molar refractivity (Wildman–Crippen MR) is 41.2 cm³/mol. The monoisotopic (exact) mass is 171 g/mol. The Kier molecular flexibility index (Phi) is 4.21. The topological polar surface area (TPSA) is 89.6 Å². The van der Waals surface area contributed by atoms with Crippen LogP contribution in [0.2, 0.25) is 0 Å². The van der Waals surface area contributed by atoms with Gasteiger partial charge in [0, 0.05) is 0 Å². The highest BCUT2D eigenvalue weighted by Crippen LogP contribution is 1.99. The fraction of sp³-hybridized carbons (Fsp3) is 0.143. The van der Waals surface area contributed by atoms with Gasteiger partial charge in [0.15, 0.2) is 0 Å². The number of hydrogen-bond acceptors (Lipinski definition) is 3. The molecule has 12 heavy (non-hydrogen) atoms. The first kappa shape index (κ1) is 10.2. The molecule has 0 aromatic rings. The van der Waals surface area contributed by atoms with Gasteiger partial charge in [0.05, 0.1) is 0 Å². The number of rotatable bonds is 4. The Balaban J connectivity index is 4.32. The van der Waals surface area contributed by atoms with E-state index in [2.05, 4.69) is 17.0 Å². The Bertz CT molecular complexity index is 232.